The number of ether oxygens (including phenoxy) is 2. The number of rotatable bonds is 8. The molecule has 18 heavy (non-hydrogen) atoms. The van der Waals surface area contributed by atoms with Crippen molar-refractivity contribution in [2.24, 2.45) is 5.92 Å². The van der Waals surface area contributed by atoms with Crippen LogP contribution >= 0.6 is 0 Å². The summed E-state index contributed by atoms with van der Waals surface area (Å²) in [7, 11) is 0. The second-order valence-electron chi connectivity index (χ2n) is 3.48. The molecule has 0 aliphatic carbocycles. The van der Waals surface area contributed by atoms with Crippen LogP contribution in [0.5, 0.6) is 0 Å². The van der Waals surface area contributed by atoms with Crippen molar-refractivity contribution >= 4 is 11.9 Å². The summed E-state index contributed by atoms with van der Waals surface area (Å²) >= 11 is 0. The Morgan fingerprint density at radius 1 is 1.06 bits per heavy atom. The third kappa shape index (κ3) is 6.68. The van der Waals surface area contributed by atoms with E-state index in [9.17, 15) is 9.59 Å². The van der Waals surface area contributed by atoms with E-state index in [1.807, 2.05) is 13.8 Å². The van der Waals surface area contributed by atoms with Gasteiger partial charge in [-0.05, 0) is 20.3 Å². The smallest absolute Gasteiger partial charge is 0.320 e. The van der Waals surface area contributed by atoms with Crippen LogP contribution < -0.4 is 0 Å². The molecule has 0 unspecified atom stereocenters. The van der Waals surface area contributed by atoms with Crippen molar-refractivity contribution in [1.82, 2.24) is 0 Å². The fourth-order valence-electron chi connectivity index (χ4n) is 1.11. The average Bonchev–Trinajstić information content (AvgIpc) is 2.36. The van der Waals surface area contributed by atoms with Crippen molar-refractivity contribution in [1.29, 1.82) is 0 Å². The lowest BCUT2D eigenvalue weighted by Gasteiger charge is -2.12. The fourth-order valence-corrected chi connectivity index (χ4v) is 1.11. The summed E-state index contributed by atoms with van der Waals surface area (Å²) in [4.78, 5) is 23.3. The van der Waals surface area contributed by atoms with Crippen LogP contribution in [0.15, 0.2) is 37.0 Å². The molecule has 0 spiro atoms. The minimum atomic E-state index is -0.932. The van der Waals surface area contributed by atoms with Gasteiger partial charge in [-0.1, -0.05) is 30.4 Å². The molecule has 0 saturated carbocycles. The predicted molar refractivity (Wildman–Crippen MR) is 69.9 cm³/mol. The van der Waals surface area contributed by atoms with E-state index in [1.54, 1.807) is 24.3 Å². The lowest BCUT2D eigenvalue weighted by Crippen LogP contribution is -2.27. The largest absolute Gasteiger partial charge is 0.461 e. The zero-order chi connectivity index (χ0) is 13.8. The molecule has 0 amide bonds. The van der Waals surface area contributed by atoms with Gasteiger partial charge >= 0.3 is 11.9 Å². The molecule has 0 atom stereocenters. The standard InChI is InChI=1S/C14H20O4/c1-4-7-10-17-13(15)12(9-6-3)14(16)18-11-8-5-2/h4-8,12H,3,9-11H2,1-2H3/b7-4+,8-5+. The molecular weight excluding hydrogens is 232 g/mol. The Morgan fingerprint density at radius 2 is 1.50 bits per heavy atom. The molecule has 4 heteroatoms. The number of esters is 2. The molecule has 4 nitrogen and oxygen atoms in total. The maximum Gasteiger partial charge on any atom is 0.320 e. The number of carbonyl (C=O) groups is 2. The summed E-state index contributed by atoms with van der Waals surface area (Å²) in [6.07, 6.45) is 8.62. The van der Waals surface area contributed by atoms with Gasteiger partial charge in [0.1, 0.15) is 13.2 Å². The van der Waals surface area contributed by atoms with Gasteiger partial charge in [-0.3, -0.25) is 9.59 Å². The van der Waals surface area contributed by atoms with Gasteiger partial charge in [0.2, 0.25) is 0 Å². The third-order valence-electron chi connectivity index (χ3n) is 2.09. The van der Waals surface area contributed by atoms with Crippen molar-refractivity contribution in [2.45, 2.75) is 20.3 Å². The van der Waals surface area contributed by atoms with Crippen molar-refractivity contribution in [3.05, 3.63) is 37.0 Å². The first kappa shape index (κ1) is 16.2. The van der Waals surface area contributed by atoms with Crippen molar-refractivity contribution < 1.29 is 19.1 Å². The Bertz CT molecular complexity index is 301. The lowest BCUT2D eigenvalue weighted by molar-refractivity contribution is -0.160. The molecule has 0 radical (unpaired) electrons. The zero-order valence-electron chi connectivity index (χ0n) is 10.9. The van der Waals surface area contributed by atoms with Crippen molar-refractivity contribution in [3.63, 3.8) is 0 Å². The van der Waals surface area contributed by atoms with Crippen LogP contribution in [-0.2, 0) is 19.1 Å². The molecule has 0 fully saturated rings. The number of carbonyl (C=O) groups excluding carboxylic acids is 2. The SMILES string of the molecule is C=CCC(C(=O)OC/C=C/C)C(=O)OC/C=C/C. The maximum absolute atomic E-state index is 11.7. The molecule has 0 rings (SSSR count). The van der Waals surface area contributed by atoms with E-state index in [4.69, 9.17) is 9.47 Å². The van der Waals surface area contributed by atoms with E-state index < -0.39 is 17.9 Å². The summed E-state index contributed by atoms with van der Waals surface area (Å²) in [6, 6.07) is 0. The molecular formula is C14H20O4. The summed E-state index contributed by atoms with van der Waals surface area (Å²) in [5.41, 5.74) is 0. The normalized spacial score (nSPS) is 11.1. The summed E-state index contributed by atoms with van der Waals surface area (Å²) in [5, 5.41) is 0. The molecule has 0 aliphatic heterocycles. The number of allylic oxidation sites excluding steroid dienone is 3. The topological polar surface area (TPSA) is 52.6 Å². The minimum absolute atomic E-state index is 0.158. The molecule has 0 bridgehead atoms. The van der Waals surface area contributed by atoms with Crippen molar-refractivity contribution in [3.8, 4) is 0 Å². The van der Waals surface area contributed by atoms with Gasteiger partial charge in [0.05, 0.1) is 0 Å². The van der Waals surface area contributed by atoms with Crippen LogP contribution in [0.25, 0.3) is 0 Å². The Kier molecular flexibility index (Phi) is 9.27. The van der Waals surface area contributed by atoms with Gasteiger partial charge in [-0.2, -0.15) is 0 Å². The van der Waals surface area contributed by atoms with Gasteiger partial charge in [-0.25, -0.2) is 0 Å². The first-order chi connectivity index (χ1) is 8.67. The molecule has 0 heterocycles. The van der Waals surface area contributed by atoms with Crippen LogP contribution in [0.3, 0.4) is 0 Å². The zero-order valence-corrected chi connectivity index (χ0v) is 10.9. The van der Waals surface area contributed by atoms with Crippen LogP contribution in [-0.4, -0.2) is 25.2 Å². The minimum Gasteiger partial charge on any atom is -0.461 e. The molecule has 0 aromatic heterocycles. The quantitative estimate of drug-likeness (QED) is 0.378. The highest BCUT2D eigenvalue weighted by Gasteiger charge is 2.28. The van der Waals surface area contributed by atoms with Crippen molar-refractivity contribution in [2.75, 3.05) is 13.2 Å². The third-order valence-corrected chi connectivity index (χ3v) is 2.09. The van der Waals surface area contributed by atoms with Gasteiger partial charge < -0.3 is 9.47 Å². The second-order valence-corrected chi connectivity index (χ2v) is 3.48. The Hall–Kier alpha value is -1.84. The highest BCUT2D eigenvalue weighted by Crippen LogP contribution is 2.09. The van der Waals surface area contributed by atoms with Crippen LogP contribution in [0.4, 0.5) is 0 Å². The molecule has 100 valence electrons. The van der Waals surface area contributed by atoms with Gasteiger partial charge in [0.15, 0.2) is 5.92 Å². The average molecular weight is 252 g/mol. The second kappa shape index (κ2) is 10.3. The fraction of sp³-hybridized carbons (Fsp3) is 0.429. The molecule has 0 N–H and O–H groups in total. The maximum atomic E-state index is 11.7. The highest BCUT2D eigenvalue weighted by molar-refractivity contribution is 5.95. The summed E-state index contributed by atoms with van der Waals surface area (Å²) in [6.45, 7) is 7.47. The Labute approximate surface area is 108 Å². The Balaban J connectivity index is 4.38. The van der Waals surface area contributed by atoms with Crippen LogP contribution in [0, 0.1) is 5.92 Å². The van der Waals surface area contributed by atoms with E-state index >= 15 is 0 Å². The van der Waals surface area contributed by atoms with Gasteiger partial charge in [-0.15, -0.1) is 6.58 Å². The molecule has 0 aliphatic rings. The number of hydrogen-bond acceptors (Lipinski definition) is 4. The lowest BCUT2D eigenvalue weighted by atomic mass is 10.1. The van der Waals surface area contributed by atoms with E-state index in [0.29, 0.717) is 0 Å². The van der Waals surface area contributed by atoms with Gasteiger partial charge in [0.25, 0.3) is 0 Å². The molecule has 0 aromatic carbocycles. The number of hydrogen-bond donors (Lipinski definition) is 0. The predicted octanol–water partition coefficient (Wildman–Crippen LogP) is 2.42. The first-order valence-electron chi connectivity index (χ1n) is 5.83. The van der Waals surface area contributed by atoms with E-state index in [0.717, 1.165) is 0 Å². The van der Waals surface area contributed by atoms with Gasteiger partial charge in [0, 0.05) is 0 Å². The molecule has 0 saturated heterocycles. The summed E-state index contributed by atoms with van der Waals surface area (Å²) in [5.74, 6) is -2.10. The van der Waals surface area contributed by atoms with Crippen LogP contribution in [0.2, 0.25) is 0 Å². The van der Waals surface area contributed by atoms with Crippen LogP contribution in [0.1, 0.15) is 20.3 Å². The first-order valence-corrected chi connectivity index (χ1v) is 5.83. The van der Waals surface area contributed by atoms with E-state index in [2.05, 4.69) is 6.58 Å². The van der Waals surface area contributed by atoms with E-state index in [-0.39, 0.29) is 19.6 Å². The molecule has 0 aromatic rings. The summed E-state index contributed by atoms with van der Waals surface area (Å²) < 4.78 is 9.86. The Morgan fingerprint density at radius 3 is 1.83 bits per heavy atom. The monoisotopic (exact) mass is 252 g/mol. The van der Waals surface area contributed by atoms with E-state index in [1.165, 1.54) is 6.08 Å². The highest BCUT2D eigenvalue weighted by atomic mass is 16.6.